The highest BCUT2D eigenvalue weighted by Crippen LogP contribution is 2.21. The summed E-state index contributed by atoms with van der Waals surface area (Å²) >= 11 is 1.42. The van der Waals surface area contributed by atoms with Crippen molar-refractivity contribution in [3.05, 3.63) is 57.8 Å². The van der Waals surface area contributed by atoms with E-state index in [0.29, 0.717) is 23.7 Å². The summed E-state index contributed by atoms with van der Waals surface area (Å²) in [5.74, 6) is 0.632. The van der Waals surface area contributed by atoms with E-state index >= 15 is 0 Å². The van der Waals surface area contributed by atoms with E-state index in [1.54, 1.807) is 12.4 Å². The first-order valence-corrected chi connectivity index (χ1v) is 8.81. The number of nitrogens with zero attached hydrogens (tertiary/aromatic N) is 4. The summed E-state index contributed by atoms with van der Waals surface area (Å²) in [5.41, 5.74) is 3.67. The minimum atomic E-state index is -0.0839. The van der Waals surface area contributed by atoms with Crippen molar-refractivity contribution in [2.75, 3.05) is 6.54 Å². The number of carbonyl (C=O) groups excluding carboxylic acids is 1. The highest BCUT2D eigenvalue weighted by molar-refractivity contribution is 7.13. The Labute approximate surface area is 150 Å². The van der Waals surface area contributed by atoms with Crippen molar-refractivity contribution < 1.29 is 4.79 Å². The van der Waals surface area contributed by atoms with E-state index in [1.165, 1.54) is 11.3 Å². The molecule has 0 atom stereocenters. The predicted octanol–water partition coefficient (Wildman–Crippen LogP) is 2.89. The van der Waals surface area contributed by atoms with Crippen LogP contribution < -0.4 is 5.32 Å². The summed E-state index contributed by atoms with van der Waals surface area (Å²) in [6.45, 7) is 6.12. The number of amides is 1. The quantitative estimate of drug-likeness (QED) is 0.763. The second-order valence-corrected chi connectivity index (χ2v) is 6.87. The highest BCUT2D eigenvalue weighted by Gasteiger charge is 2.14. The number of aryl methyl sites for hydroxylation is 3. The normalized spacial score (nSPS) is 10.7. The van der Waals surface area contributed by atoms with Crippen molar-refractivity contribution in [1.29, 1.82) is 0 Å². The summed E-state index contributed by atoms with van der Waals surface area (Å²) < 4.78 is 0. The molecule has 25 heavy (non-hydrogen) atoms. The van der Waals surface area contributed by atoms with E-state index in [0.717, 1.165) is 27.5 Å². The van der Waals surface area contributed by atoms with Crippen LogP contribution in [0, 0.1) is 20.8 Å². The number of nitrogens with one attached hydrogen (secondary N) is 1. The van der Waals surface area contributed by atoms with Crippen molar-refractivity contribution >= 4 is 17.2 Å². The SMILES string of the molecule is Cc1ncc(-c2ccncc2)c(CCNC(=O)c2sc(C)nc2C)n1. The molecule has 0 saturated heterocycles. The fourth-order valence-electron chi connectivity index (χ4n) is 2.60. The summed E-state index contributed by atoms with van der Waals surface area (Å²) in [6, 6.07) is 3.86. The summed E-state index contributed by atoms with van der Waals surface area (Å²) in [4.78, 5) is 30.2. The van der Waals surface area contributed by atoms with Gasteiger partial charge in [0.15, 0.2) is 0 Å². The van der Waals surface area contributed by atoms with Gasteiger partial charge in [-0.25, -0.2) is 15.0 Å². The molecule has 6 nitrogen and oxygen atoms in total. The van der Waals surface area contributed by atoms with E-state index in [-0.39, 0.29) is 5.91 Å². The maximum Gasteiger partial charge on any atom is 0.263 e. The molecule has 3 aromatic heterocycles. The van der Waals surface area contributed by atoms with Gasteiger partial charge in [-0.2, -0.15) is 0 Å². The maximum atomic E-state index is 12.3. The first-order chi connectivity index (χ1) is 12.0. The Kier molecular flexibility index (Phi) is 5.14. The van der Waals surface area contributed by atoms with Crippen molar-refractivity contribution in [2.24, 2.45) is 0 Å². The molecule has 0 bridgehead atoms. The molecule has 0 aromatic carbocycles. The van der Waals surface area contributed by atoms with Crippen molar-refractivity contribution in [3.8, 4) is 11.1 Å². The second-order valence-electron chi connectivity index (χ2n) is 5.67. The molecule has 7 heteroatoms. The smallest absolute Gasteiger partial charge is 0.263 e. The van der Waals surface area contributed by atoms with E-state index in [4.69, 9.17) is 0 Å². The number of aromatic nitrogens is 4. The summed E-state index contributed by atoms with van der Waals surface area (Å²) in [6.07, 6.45) is 5.94. The van der Waals surface area contributed by atoms with E-state index in [1.807, 2.05) is 39.1 Å². The van der Waals surface area contributed by atoms with Crippen LogP contribution in [0.1, 0.15) is 31.9 Å². The molecule has 3 heterocycles. The van der Waals surface area contributed by atoms with Gasteiger partial charge in [-0.1, -0.05) is 0 Å². The molecular formula is C18H19N5OS. The number of thiazole rings is 1. The Bertz CT molecular complexity index is 892. The molecule has 0 aliphatic carbocycles. The summed E-state index contributed by atoms with van der Waals surface area (Å²) in [5, 5.41) is 3.86. The molecule has 1 amide bonds. The Morgan fingerprint density at radius 1 is 1.16 bits per heavy atom. The van der Waals surface area contributed by atoms with Crippen LogP contribution in [0.25, 0.3) is 11.1 Å². The van der Waals surface area contributed by atoms with Crippen LogP contribution >= 0.6 is 11.3 Å². The van der Waals surface area contributed by atoms with Crippen molar-refractivity contribution in [3.63, 3.8) is 0 Å². The maximum absolute atomic E-state index is 12.3. The fraction of sp³-hybridized carbons (Fsp3) is 0.278. The lowest BCUT2D eigenvalue weighted by Gasteiger charge is -2.10. The molecule has 0 radical (unpaired) electrons. The average Bonchev–Trinajstić information content (AvgIpc) is 2.94. The third-order valence-corrected chi connectivity index (χ3v) is 4.81. The van der Waals surface area contributed by atoms with Gasteiger partial charge in [-0.3, -0.25) is 9.78 Å². The molecule has 0 saturated carbocycles. The lowest BCUT2D eigenvalue weighted by Crippen LogP contribution is -2.26. The van der Waals surface area contributed by atoms with Gasteiger partial charge in [-0.15, -0.1) is 11.3 Å². The van der Waals surface area contributed by atoms with Crippen LogP contribution in [0.4, 0.5) is 0 Å². The van der Waals surface area contributed by atoms with Crippen LogP contribution in [0.3, 0.4) is 0 Å². The molecule has 0 aliphatic rings. The zero-order valence-corrected chi connectivity index (χ0v) is 15.2. The van der Waals surface area contributed by atoms with Crippen LogP contribution in [-0.4, -0.2) is 32.4 Å². The molecule has 0 unspecified atom stereocenters. The van der Waals surface area contributed by atoms with Crippen LogP contribution in [0.2, 0.25) is 0 Å². The Morgan fingerprint density at radius 2 is 1.92 bits per heavy atom. The minimum absolute atomic E-state index is 0.0839. The fourth-order valence-corrected chi connectivity index (χ4v) is 3.43. The Balaban J connectivity index is 1.72. The standard InChI is InChI=1S/C18H19N5OS/c1-11-17(25-13(3)22-11)18(24)20-9-6-16-15(10-21-12(2)23-16)14-4-7-19-8-5-14/h4-5,7-8,10H,6,9H2,1-3H3,(H,20,24). The molecular weight excluding hydrogens is 334 g/mol. The number of hydrogen-bond donors (Lipinski definition) is 1. The van der Waals surface area contributed by atoms with Gasteiger partial charge in [0.05, 0.1) is 16.4 Å². The third kappa shape index (κ3) is 4.06. The minimum Gasteiger partial charge on any atom is -0.351 e. The first-order valence-electron chi connectivity index (χ1n) is 7.99. The molecule has 1 N–H and O–H groups in total. The molecule has 3 rings (SSSR count). The molecule has 3 aromatic rings. The Hall–Kier alpha value is -2.67. The van der Waals surface area contributed by atoms with Gasteiger partial charge in [0.1, 0.15) is 10.7 Å². The third-order valence-electron chi connectivity index (χ3n) is 3.74. The highest BCUT2D eigenvalue weighted by atomic mass is 32.1. The van der Waals surface area contributed by atoms with Crippen LogP contribution in [-0.2, 0) is 6.42 Å². The van der Waals surface area contributed by atoms with Gasteiger partial charge in [0.25, 0.3) is 5.91 Å². The van der Waals surface area contributed by atoms with Crippen LogP contribution in [0.15, 0.2) is 30.7 Å². The number of carbonyl (C=O) groups is 1. The lowest BCUT2D eigenvalue weighted by molar-refractivity contribution is 0.0957. The second kappa shape index (κ2) is 7.48. The van der Waals surface area contributed by atoms with Gasteiger partial charge >= 0.3 is 0 Å². The number of pyridine rings is 1. The van der Waals surface area contributed by atoms with Crippen LogP contribution in [0.5, 0.6) is 0 Å². The largest absolute Gasteiger partial charge is 0.351 e. The number of hydrogen-bond acceptors (Lipinski definition) is 6. The predicted molar refractivity (Wildman–Crippen MR) is 97.6 cm³/mol. The zero-order chi connectivity index (χ0) is 17.8. The van der Waals surface area contributed by atoms with Crippen molar-refractivity contribution in [2.45, 2.75) is 27.2 Å². The summed E-state index contributed by atoms with van der Waals surface area (Å²) in [7, 11) is 0. The van der Waals surface area contributed by atoms with E-state index in [9.17, 15) is 4.79 Å². The van der Waals surface area contributed by atoms with Gasteiger partial charge in [-0.05, 0) is 38.5 Å². The van der Waals surface area contributed by atoms with E-state index in [2.05, 4.69) is 25.3 Å². The molecule has 0 spiro atoms. The molecule has 128 valence electrons. The molecule has 0 aliphatic heterocycles. The van der Waals surface area contributed by atoms with Crippen molar-refractivity contribution in [1.82, 2.24) is 25.3 Å². The topological polar surface area (TPSA) is 80.7 Å². The zero-order valence-electron chi connectivity index (χ0n) is 14.4. The monoisotopic (exact) mass is 353 g/mol. The van der Waals surface area contributed by atoms with Gasteiger partial charge in [0, 0.05) is 37.1 Å². The first kappa shape index (κ1) is 17.2. The average molecular weight is 353 g/mol. The molecule has 0 fully saturated rings. The Morgan fingerprint density at radius 3 is 2.60 bits per heavy atom. The van der Waals surface area contributed by atoms with Gasteiger partial charge < -0.3 is 5.32 Å². The lowest BCUT2D eigenvalue weighted by atomic mass is 10.1. The van der Waals surface area contributed by atoms with Gasteiger partial charge in [0.2, 0.25) is 0 Å². The number of rotatable bonds is 5. The van der Waals surface area contributed by atoms with E-state index < -0.39 is 0 Å².